The van der Waals surface area contributed by atoms with Crippen molar-refractivity contribution in [1.82, 2.24) is 4.90 Å². The van der Waals surface area contributed by atoms with Gasteiger partial charge in [0.15, 0.2) is 0 Å². The highest BCUT2D eigenvalue weighted by Crippen LogP contribution is 2.61. The summed E-state index contributed by atoms with van der Waals surface area (Å²) in [6.07, 6.45) is 6.26. The van der Waals surface area contributed by atoms with Crippen molar-refractivity contribution < 1.29 is 9.84 Å². The molecule has 0 amide bonds. The summed E-state index contributed by atoms with van der Waals surface area (Å²) in [4.78, 5) is 2.49. The lowest BCUT2D eigenvalue weighted by molar-refractivity contribution is -0.0889. The van der Waals surface area contributed by atoms with Gasteiger partial charge in [-0.3, -0.25) is 0 Å². The SMILES string of the molecule is CN1CC[C@]23c4c5cccc4O[C@H]2[C@@](C)(O)C=C[C@H]3[C@H]1C5. The van der Waals surface area contributed by atoms with Gasteiger partial charge in [-0.05, 0) is 45.0 Å². The molecule has 110 valence electrons. The van der Waals surface area contributed by atoms with E-state index < -0.39 is 5.60 Å². The predicted octanol–water partition coefficient (Wildman–Crippen LogP) is 1.88. The van der Waals surface area contributed by atoms with Gasteiger partial charge in [-0.1, -0.05) is 24.3 Å². The minimum absolute atomic E-state index is 0.0282. The van der Waals surface area contributed by atoms with Crippen LogP contribution in [-0.2, 0) is 11.8 Å². The summed E-state index contributed by atoms with van der Waals surface area (Å²) >= 11 is 0. The second-order valence-electron chi connectivity index (χ2n) is 7.44. The van der Waals surface area contributed by atoms with Crippen molar-refractivity contribution in [2.24, 2.45) is 5.92 Å². The van der Waals surface area contributed by atoms with E-state index in [1.165, 1.54) is 11.1 Å². The van der Waals surface area contributed by atoms with E-state index in [0.29, 0.717) is 12.0 Å². The van der Waals surface area contributed by atoms with Crippen LogP contribution in [0.25, 0.3) is 0 Å². The van der Waals surface area contributed by atoms with Crippen LogP contribution in [0.5, 0.6) is 5.75 Å². The molecule has 21 heavy (non-hydrogen) atoms. The van der Waals surface area contributed by atoms with Crippen LogP contribution in [0.2, 0.25) is 0 Å². The molecule has 0 aromatic heterocycles. The number of piperidine rings is 1. The number of ether oxygens (including phenoxy) is 1. The smallest absolute Gasteiger partial charge is 0.141 e. The fourth-order valence-electron chi connectivity index (χ4n) is 5.48. The Bertz CT molecular complexity index is 665. The standard InChI is InChI=1S/C18H21NO2/c1-17(20)7-6-12-13-10-11-4-3-5-14-15(11)18(12,16(17)21-14)8-9-19(13)2/h3-7,12-13,16,20H,8-10H2,1-2H3/t12-,13+,16-,17-,18-/m0/s1. The maximum atomic E-state index is 10.9. The van der Waals surface area contributed by atoms with E-state index in [1.807, 2.05) is 13.0 Å². The van der Waals surface area contributed by atoms with Gasteiger partial charge >= 0.3 is 0 Å². The molecule has 2 heterocycles. The molecule has 3 nitrogen and oxygen atoms in total. The normalized spacial score (nSPS) is 46.1. The van der Waals surface area contributed by atoms with Gasteiger partial charge in [0, 0.05) is 22.9 Å². The first kappa shape index (κ1) is 12.2. The first-order valence-electron chi connectivity index (χ1n) is 7.95. The molecule has 0 saturated carbocycles. The van der Waals surface area contributed by atoms with Crippen LogP contribution >= 0.6 is 0 Å². The quantitative estimate of drug-likeness (QED) is 0.738. The number of benzene rings is 1. The Kier molecular flexibility index (Phi) is 2.06. The zero-order chi connectivity index (χ0) is 14.4. The molecular formula is C18H21NO2. The number of nitrogens with zero attached hydrogens (tertiary/aromatic N) is 1. The maximum Gasteiger partial charge on any atom is 0.141 e. The summed E-state index contributed by atoms with van der Waals surface area (Å²) in [5.41, 5.74) is 1.91. The number of likely N-dealkylation sites (tertiary alicyclic amines) is 1. The summed E-state index contributed by atoms with van der Waals surface area (Å²) in [6, 6.07) is 6.96. The minimum Gasteiger partial charge on any atom is -0.486 e. The highest BCUT2D eigenvalue weighted by Gasteiger charge is 2.66. The Hall–Kier alpha value is -1.32. The number of aliphatic hydroxyl groups is 1. The largest absolute Gasteiger partial charge is 0.486 e. The predicted molar refractivity (Wildman–Crippen MR) is 80.5 cm³/mol. The van der Waals surface area contributed by atoms with E-state index in [1.54, 1.807) is 0 Å². The lowest BCUT2D eigenvalue weighted by Crippen LogP contribution is -2.67. The second-order valence-corrected chi connectivity index (χ2v) is 7.44. The fraction of sp³-hybridized carbons (Fsp3) is 0.556. The van der Waals surface area contributed by atoms with Crippen molar-refractivity contribution in [3.05, 3.63) is 41.5 Å². The summed E-state index contributed by atoms with van der Waals surface area (Å²) in [6.45, 7) is 2.98. The highest BCUT2D eigenvalue weighted by atomic mass is 16.5. The maximum absolute atomic E-state index is 10.9. The Labute approximate surface area is 125 Å². The summed E-state index contributed by atoms with van der Waals surface area (Å²) < 4.78 is 6.31. The van der Waals surface area contributed by atoms with Crippen molar-refractivity contribution in [3.63, 3.8) is 0 Å². The first-order chi connectivity index (χ1) is 10.0. The molecule has 4 aliphatic rings. The van der Waals surface area contributed by atoms with Crippen LogP contribution in [-0.4, -0.2) is 41.3 Å². The minimum atomic E-state index is -0.884. The summed E-state index contributed by atoms with van der Waals surface area (Å²) in [5.74, 6) is 1.46. The summed E-state index contributed by atoms with van der Waals surface area (Å²) in [5, 5.41) is 10.9. The van der Waals surface area contributed by atoms with E-state index in [0.717, 1.165) is 25.1 Å². The van der Waals surface area contributed by atoms with Gasteiger partial charge < -0.3 is 14.7 Å². The molecular weight excluding hydrogens is 262 g/mol. The summed E-state index contributed by atoms with van der Waals surface area (Å²) in [7, 11) is 2.23. The van der Waals surface area contributed by atoms with Crippen LogP contribution in [0, 0.1) is 5.92 Å². The molecule has 5 rings (SSSR count). The molecule has 1 aromatic rings. The topological polar surface area (TPSA) is 32.7 Å². The van der Waals surface area contributed by atoms with E-state index in [-0.39, 0.29) is 11.5 Å². The monoisotopic (exact) mass is 283 g/mol. The average Bonchev–Trinajstić information content (AvgIpc) is 2.80. The molecule has 3 heteroatoms. The van der Waals surface area contributed by atoms with Crippen LogP contribution in [0.15, 0.2) is 30.4 Å². The van der Waals surface area contributed by atoms with Crippen molar-refractivity contribution >= 4 is 0 Å². The van der Waals surface area contributed by atoms with Gasteiger partial charge in [0.05, 0.1) is 0 Å². The molecule has 1 spiro atoms. The van der Waals surface area contributed by atoms with E-state index in [9.17, 15) is 5.11 Å². The Morgan fingerprint density at radius 1 is 1.38 bits per heavy atom. The van der Waals surface area contributed by atoms with Crippen LogP contribution in [0.1, 0.15) is 24.5 Å². The fourth-order valence-corrected chi connectivity index (χ4v) is 5.48. The van der Waals surface area contributed by atoms with Crippen LogP contribution < -0.4 is 4.74 Å². The third-order valence-electron chi connectivity index (χ3n) is 6.35. The molecule has 1 N–H and O–H groups in total. The van der Waals surface area contributed by atoms with Gasteiger partial charge in [-0.15, -0.1) is 0 Å². The molecule has 1 aromatic carbocycles. The van der Waals surface area contributed by atoms with Crippen molar-refractivity contribution in [2.75, 3.05) is 13.6 Å². The lowest BCUT2D eigenvalue weighted by atomic mass is 9.51. The first-order valence-corrected chi connectivity index (χ1v) is 7.95. The van der Waals surface area contributed by atoms with Gasteiger partial charge in [-0.2, -0.15) is 0 Å². The van der Waals surface area contributed by atoms with Crippen molar-refractivity contribution in [2.45, 2.75) is 42.9 Å². The van der Waals surface area contributed by atoms with Gasteiger partial charge in [0.2, 0.25) is 0 Å². The lowest BCUT2D eigenvalue weighted by Gasteiger charge is -2.58. The molecule has 1 saturated heterocycles. The third kappa shape index (κ3) is 1.24. The van der Waals surface area contributed by atoms with Crippen LogP contribution in [0.3, 0.4) is 0 Å². The second kappa shape index (κ2) is 3.53. The van der Waals surface area contributed by atoms with Crippen molar-refractivity contribution in [3.8, 4) is 5.75 Å². The molecule has 2 aliphatic heterocycles. The number of rotatable bonds is 0. The Morgan fingerprint density at radius 3 is 3.10 bits per heavy atom. The highest BCUT2D eigenvalue weighted by molar-refractivity contribution is 5.57. The van der Waals surface area contributed by atoms with E-state index >= 15 is 0 Å². The number of hydrogen-bond donors (Lipinski definition) is 1. The zero-order valence-corrected chi connectivity index (χ0v) is 12.5. The number of hydrogen-bond acceptors (Lipinski definition) is 3. The third-order valence-corrected chi connectivity index (χ3v) is 6.35. The Balaban J connectivity index is 1.84. The van der Waals surface area contributed by atoms with Crippen LogP contribution in [0.4, 0.5) is 0 Å². The number of likely N-dealkylation sites (N-methyl/N-ethyl adjacent to an activating group) is 1. The molecule has 0 radical (unpaired) electrons. The molecule has 1 fully saturated rings. The molecule has 2 bridgehead atoms. The van der Waals surface area contributed by atoms with Gasteiger partial charge in [0.25, 0.3) is 0 Å². The van der Waals surface area contributed by atoms with E-state index in [2.05, 4.69) is 36.2 Å². The average molecular weight is 283 g/mol. The molecule has 2 aliphatic carbocycles. The molecule has 5 atom stereocenters. The Morgan fingerprint density at radius 2 is 2.24 bits per heavy atom. The zero-order valence-electron chi connectivity index (χ0n) is 12.5. The van der Waals surface area contributed by atoms with Gasteiger partial charge in [-0.25, -0.2) is 0 Å². The van der Waals surface area contributed by atoms with Gasteiger partial charge in [0.1, 0.15) is 17.5 Å². The van der Waals surface area contributed by atoms with Crippen molar-refractivity contribution in [1.29, 1.82) is 0 Å². The van der Waals surface area contributed by atoms with E-state index in [4.69, 9.17) is 4.74 Å². The molecule has 0 unspecified atom stereocenters.